The van der Waals surface area contributed by atoms with Gasteiger partial charge in [-0.05, 0) is 41.5 Å². The van der Waals surface area contributed by atoms with Gasteiger partial charge in [-0.1, -0.05) is 69.3 Å². The number of nitrogens with one attached hydrogen (secondary N) is 2. The minimum absolute atomic E-state index is 0.00594. The van der Waals surface area contributed by atoms with Crippen LogP contribution >= 0.6 is 0 Å². The van der Waals surface area contributed by atoms with E-state index in [0.717, 1.165) is 22.3 Å². The fraction of sp³-hybridized carbons (Fsp3) is 0.423. The average molecular weight is 453 g/mol. The lowest BCUT2D eigenvalue weighted by atomic mass is 9.85. The third-order valence-corrected chi connectivity index (χ3v) is 6.02. The zero-order valence-electron chi connectivity index (χ0n) is 19.8. The van der Waals surface area contributed by atoms with Crippen LogP contribution < -0.4 is 10.6 Å². The molecule has 1 aliphatic carbocycles. The summed E-state index contributed by atoms with van der Waals surface area (Å²) in [5.41, 5.74) is 2.85. The molecule has 0 fully saturated rings. The molecular formula is C26H32N2O5. The Kier molecular flexibility index (Phi) is 6.81. The van der Waals surface area contributed by atoms with Crippen molar-refractivity contribution in [2.75, 3.05) is 13.2 Å². The number of carboxylic acids is 1. The second-order valence-electron chi connectivity index (χ2n) is 10.2. The topological polar surface area (TPSA) is 105 Å². The van der Waals surface area contributed by atoms with E-state index >= 15 is 0 Å². The van der Waals surface area contributed by atoms with Crippen molar-refractivity contribution in [1.29, 1.82) is 0 Å². The van der Waals surface area contributed by atoms with E-state index in [-0.39, 0.29) is 19.1 Å². The third-order valence-electron chi connectivity index (χ3n) is 6.02. The molecule has 1 aliphatic rings. The molecule has 2 aromatic carbocycles. The number of alkyl carbamates (subject to hydrolysis) is 1. The van der Waals surface area contributed by atoms with Crippen LogP contribution in [-0.4, -0.2) is 42.3 Å². The van der Waals surface area contributed by atoms with Crippen molar-refractivity contribution in [3.05, 3.63) is 59.7 Å². The molecule has 0 saturated carbocycles. The normalized spacial score (nSPS) is 14.1. The maximum atomic E-state index is 12.7. The van der Waals surface area contributed by atoms with Crippen molar-refractivity contribution >= 4 is 18.0 Å². The lowest BCUT2D eigenvalue weighted by Crippen LogP contribution is -2.54. The van der Waals surface area contributed by atoms with E-state index in [2.05, 4.69) is 22.8 Å². The summed E-state index contributed by atoms with van der Waals surface area (Å²) in [6.45, 7) is 8.71. The number of fused-ring (bicyclic) bond motifs is 3. The van der Waals surface area contributed by atoms with Gasteiger partial charge in [0, 0.05) is 12.5 Å². The molecule has 33 heavy (non-hydrogen) atoms. The highest BCUT2D eigenvalue weighted by Crippen LogP contribution is 2.44. The lowest BCUT2D eigenvalue weighted by Gasteiger charge is -2.32. The second-order valence-corrected chi connectivity index (χ2v) is 10.2. The largest absolute Gasteiger partial charge is 0.480 e. The van der Waals surface area contributed by atoms with E-state index < -0.39 is 34.8 Å². The minimum Gasteiger partial charge on any atom is -0.480 e. The highest BCUT2D eigenvalue weighted by molar-refractivity contribution is 5.88. The van der Waals surface area contributed by atoms with Gasteiger partial charge in [0.2, 0.25) is 5.91 Å². The van der Waals surface area contributed by atoms with Crippen LogP contribution in [0, 0.1) is 10.8 Å². The van der Waals surface area contributed by atoms with E-state index in [0.29, 0.717) is 0 Å². The van der Waals surface area contributed by atoms with Gasteiger partial charge in [-0.2, -0.15) is 0 Å². The molecule has 2 aromatic rings. The van der Waals surface area contributed by atoms with Gasteiger partial charge < -0.3 is 20.5 Å². The smallest absolute Gasteiger partial charge is 0.407 e. The molecule has 1 atom stereocenters. The molecule has 7 heteroatoms. The third kappa shape index (κ3) is 5.35. The fourth-order valence-corrected chi connectivity index (χ4v) is 4.00. The van der Waals surface area contributed by atoms with Crippen LogP contribution in [-0.2, 0) is 14.3 Å². The summed E-state index contributed by atoms with van der Waals surface area (Å²) in [6, 6.07) is 15.1. The van der Waals surface area contributed by atoms with Crippen molar-refractivity contribution in [2.45, 2.75) is 46.6 Å². The van der Waals surface area contributed by atoms with Gasteiger partial charge in [-0.3, -0.25) is 4.79 Å². The molecule has 7 nitrogen and oxygen atoms in total. The minimum atomic E-state index is -1.10. The molecule has 0 spiro atoms. The van der Waals surface area contributed by atoms with Crippen molar-refractivity contribution in [3.8, 4) is 11.1 Å². The maximum Gasteiger partial charge on any atom is 0.407 e. The number of benzene rings is 2. The number of carbonyl (C=O) groups excluding carboxylic acids is 2. The standard InChI is InChI=1S/C26H32N2O5/c1-25(2,3)21(22(29)30)28-23(31)26(4,5)15-27-24(32)33-14-20-18-12-8-6-10-16(18)17-11-7-9-13-19(17)20/h6-13,20-21H,14-15H2,1-5H3,(H,27,32)(H,28,31)(H,29,30)/t21-/m1/s1. The molecule has 0 aliphatic heterocycles. The number of ether oxygens (including phenoxy) is 1. The van der Waals surface area contributed by atoms with Gasteiger partial charge >= 0.3 is 12.1 Å². The quantitative estimate of drug-likeness (QED) is 0.585. The van der Waals surface area contributed by atoms with Gasteiger partial charge in [0.05, 0.1) is 5.41 Å². The van der Waals surface area contributed by atoms with Crippen LogP contribution in [0.3, 0.4) is 0 Å². The van der Waals surface area contributed by atoms with Gasteiger partial charge in [-0.15, -0.1) is 0 Å². The highest BCUT2D eigenvalue weighted by Gasteiger charge is 2.37. The van der Waals surface area contributed by atoms with E-state index in [4.69, 9.17) is 4.74 Å². The predicted octanol–water partition coefficient (Wildman–Crippen LogP) is 4.17. The first-order valence-electron chi connectivity index (χ1n) is 11.0. The summed E-state index contributed by atoms with van der Waals surface area (Å²) in [6.07, 6.45) is -0.622. The molecule has 3 N–H and O–H groups in total. The molecule has 0 bridgehead atoms. The number of rotatable bonds is 7. The molecule has 0 aromatic heterocycles. The summed E-state index contributed by atoms with van der Waals surface area (Å²) in [5, 5.41) is 14.7. The number of amides is 2. The molecule has 176 valence electrons. The zero-order chi connectivity index (χ0) is 24.4. The highest BCUT2D eigenvalue weighted by atomic mass is 16.5. The molecule has 0 unspecified atom stereocenters. The first-order chi connectivity index (χ1) is 15.4. The Labute approximate surface area is 194 Å². The van der Waals surface area contributed by atoms with Gasteiger partial charge in [0.15, 0.2) is 0 Å². The molecule has 0 heterocycles. The molecular weight excluding hydrogens is 420 g/mol. The molecule has 3 rings (SSSR count). The SMILES string of the molecule is CC(C)(CNC(=O)OCC1c2ccccc2-c2ccccc21)C(=O)N[C@H](C(=O)O)C(C)(C)C. The number of aliphatic carboxylic acids is 1. The molecule has 0 radical (unpaired) electrons. The summed E-state index contributed by atoms with van der Waals surface area (Å²) in [5.74, 6) is -1.61. The van der Waals surface area contributed by atoms with Crippen LogP contribution in [0.4, 0.5) is 4.79 Å². The second kappa shape index (κ2) is 9.25. The first-order valence-corrected chi connectivity index (χ1v) is 11.0. The number of carbonyl (C=O) groups is 3. The van der Waals surface area contributed by atoms with Crippen molar-refractivity contribution in [2.24, 2.45) is 10.8 Å². The van der Waals surface area contributed by atoms with E-state index in [1.165, 1.54) is 0 Å². The summed E-state index contributed by atoms with van der Waals surface area (Å²) >= 11 is 0. The predicted molar refractivity (Wildman–Crippen MR) is 126 cm³/mol. The van der Waals surface area contributed by atoms with Crippen LogP contribution in [0.25, 0.3) is 11.1 Å². The van der Waals surface area contributed by atoms with Gasteiger partial charge in [-0.25, -0.2) is 9.59 Å². The monoisotopic (exact) mass is 452 g/mol. The number of hydrogen-bond donors (Lipinski definition) is 3. The van der Waals surface area contributed by atoms with Gasteiger partial charge in [0.25, 0.3) is 0 Å². The first kappa shape index (κ1) is 24.3. The van der Waals surface area contributed by atoms with E-state index in [1.807, 2.05) is 36.4 Å². The Hall–Kier alpha value is -3.35. The Morgan fingerprint density at radius 2 is 1.45 bits per heavy atom. The van der Waals surface area contributed by atoms with Crippen LogP contribution in [0.5, 0.6) is 0 Å². The Morgan fingerprint density at radius 3 is 1.94 bits per heavy atom. The van der Waals surface area contributed by atoms with Crippen molar-refractivity contribution < 1.29 is 24.2 Å². The van der Waals surface area contributed by atoms with Crippen molar-refractivity contribution in [3.63, 3.8) is 0 Å². The van der Waals surface area contributed by atoms with Crippen molar-refractivity contribution in [1.82, 2.24) is 10.6 Å². The molecule has 2 amide bonds. The van der Waals surface area contributed by atoms with Gasteiger partial charge in [0.1, 0.15) is 12.6 Å². The summed E-state index contributed by atoms with van der Waals surface area (Å²) in [7, 11) is 0. The lowest BCUT2D eigenvalue weighted by molar-refractivity contribution is -0.146. The van der Waals surface area contributed by atoms with Crippen LogP contribution in [0.1, 0.15) is 51.7 Å². The average Bonchev–Trinajstić information content (AvgIpc) is 3.07. The maximum absolute atomic E-state index is 12.7. The fourth-order valence-electron chi connectivity index (χ4n) is 4.00. The number of hydrogen-bond acceptors (Lipinski definition) is 4. The van der Waals surface area contributed by atoms with Crippen LogP contribution in [0.15, 0.2) is 48.5 Å². The molecule has 0 saturated heterocycles. The summed E-state index contributed by atoms with van der Waals surface area (Å²) in [4.78, 5) is 36.7. The Morgan fingerprint density at radius 1 is 0.939 bits per heavy atom. The number of carboxylic acid groups (broad SMARTS) is 1. The zero-order valence-corrected chi connectivity index (χ0v) is 19.8. The summed E-state index contributed by atoms with van der Waals surface area (Å²) < 4.78 is 5.51. The van der Waals surface area contributed by atoms with Crippen LogP contribution in [0.2, 0.25) is 0 Å². The van der Waals surface area contributed by atoms with E-state index in [9.17, 15) is 19.5 Å². The Balaban J connectivity index is 1.58. The van der Waals surface area contributed by atoms with E-state index in [1.54, 1.807) is 34.6 Å². The Bertz CT molecular complexity index is 1010.